The van der Waals surface area contributed by atoms with Gasteiger partial charge in [-0.1, -0.05) is 48.0 Å². The molecule has 166 valence electrons. The summed E-state index contributed by atoms with van der Waals surface area (Å²) < 4.78 is 29.9. The molecule has 0 aliphatic rings. The van der Waals surface area contributed by atoms with Gasteiger partial charge in [-0.25, -0.2) is 8.42 Å². The lowest BCUT2D eigenvalue weighted by Gasteiger charge is -2.13. The largest absolute Gasteiger partial charge is 0.496 e. The smallest absolute Gasteiger partial charge is 0.190 e. The Bertz CT molecular complexity index is 903. The van der Waals surface area contributed by atoms with Crippen molar-refractivity contribution in [2.75, 3.05) is 33.0 Å². The third-order valence-electron chi connectivity index (χ3n) is 4.50. The number of aryl methyl sites for hydroxylation is 1. The molecule has 0 amide bonds. The Morgan fingerprint density at radius 3 is 2.43 bits per heavy atom. The van der Waals surface area contributed by atoms with Crippen LogP contribution in [0.3, 0.4) is 0 Å². The number of rotatable bonds is 10. The zero-order valence-corrected chi connectivity index (χ0v) is 21.0. The van der Waals surface area contributed by atoms with Gasteiger partial charge in [-0.05, 0) is 37.0 Å². The molecule has 0 unspecified atom stereocenters. The Kier molecular flexibility index (Phi) is 11.8. The summed E-state index contributed by atoms with van der Waals surface area (Å²) >= 11 is 0. The second-order valence-electron chi connectivity index (χ2n) is 6.92. The maximum atomic E-state index is 12.2. The molecule has 30 heavy (non-hydrogen) atoms. The van der Waals surface area contributed by atoms with E-state index in [2.05, 4.69) is 28.6 Å². The SMILES string of the molecule is CN=C(NCCCS(=O)(=O)Cc1ccccc1)NCCc1cc(C)ccc1OC.I. The van der Waals surface area contributed by atoms with Crippen LogP contribution < -0.4 is 15.4 Å². The Labute approximate surface area is 197 Å². The van der Waals surface area contributed by atoms with Gasteiger partial charge in [-0.2, -0.15) is 0 Å². The number of hydrogen-bond donors (Lipinski definition) is 2. The van der Waals surface area contributed by atoms with Gasteiger partial charge in [0.2, 0.25) is 0 Å². The van der Waals surface area contributed by atoms with E-state index < -0.39 is 9.84 Å². The number of hydrogen-bond acceptors (Lipinski definition) is 4. The molecule has 0 bridgehead atoms. The Morgan fingerprint density at radius 1 is 1.07 bits per heavy atom. The molecule has 0 spiro atoms. The van der Waals surface area contributed by atoms with Gasteiger partial charge in [0.05, 0.1) is 18.6 Å². The Morgan fingerprint density at radius 2 is 1.77 bits per heavy atom. The van der Waals surface area contributed by atoms with Crippen LogP contribution in [0.2, 0.25) is 0 Å². The minimum atomic E-state index is -3.12. The van der Waals surface area contributed by atoms with Gasteiger partial charge in [0, 0.05) is 20.1 Å². The monoisotopic (exact) mass is 545 g/mol. The highest BCUT2D eigenvalue weighted by Gasteiger charge is 2.11. The standard InChI is InChI=1S/C22H31N3O3S.HI/c1-18-10-11-21(28-3)20(16-18)12-14-25-22(23-2)24-13-7-15-29(26,27)17-19-8-5-4-6-9-19;/h4-6,8-11,16H,7,12-15,17H2,1-3H3,(H2,23,24,25);1H. The normalized spacial score (nSPS) is 11.5. The molecule has 0 aromatic heterocycles. The van der Waals surface area contributed by atoms with Gasteiger partial charge in [0.25, 0.3) is 0 Å². The van der Waals surface area contributed by atoms with E-state index in [0.717, 1.165) is 23.3 Å². The molecule has 0 fully saturated rings. The molecule has 2 aromatic rings. The maximum Gasteiger partial charge on any atom is 0.190 e. The van der Waals surface area contributed by atoms with E-state index in [-0.39, 0.29) is 35.5 Å². The predicted octanol–water partition coefficient (Wildman–Crippen LogP) is 3.33. The summed E-state index contributed by atoms with van der Waals surface area (Å²) in [7, 11) is 0.259. The number of ether oxygens (including phenoxy) is 1. The molecular formula is C22H32IN3O3S. The van der Waals surface area contributed by atoms with Crippen LogP contribution in [0.5, 0.6) is 5.75 Å². The van der Waals surface area contributed by atoms with Crippen molar-refractivity contribution < 1.29 is 13.2 Å². The number of benzene rings is 2. The number of halogens is 1. The number of methoxy groups -OCH3 is 1. The van der Waals surface area contributed by atoms with Gasteiger partial charge in [0.15, 0.2) is 15.8 Å². The lowest BCUT2D eigenvalue weighted by molar-refractivity contribution is 0.409. The van der Waals surface area contributed by atoms with Gasteiger partial charge < -0.3 is 15.4 Å². The summed E-state index contributed by atoms with van der Waals surface area (Å²) in [4.78, 5) is 4.19. The molecule has 0 saturated carbocycles. The third kappa shape index (κ3) is 9.34. The lowest BCUT2D eigenvalue weighted by Crippen LogP contribution is -2.39. The number of guanidine groups is 1. The molecule has 2 N–H and O–H groups in total. The van der Waals surface area contributed by atoms with Crippen molar-refractivity contribution >= 4 is 39.8 Å². The predicted molar refractivity (Wildman–Crippen MR) is 135 cm³/mol. The lowest BCUT2D eigenvalue weighted by atomic mass is 10.1. The van der Waals surface area contributed by atoms with E-state index in [1.807, 2.05) is 42.5 Å². The molecule has 2 aromatic carbocycles. The summed E-state index contributed by atoms with van der Waals surface area (Å²) in [6, 6.07) is 15.4. The van der Waals surface area contributed by atoms with Gasteiger partial charge in [-0.3, -0.25) is 4.99 Å². The first kappa shape index (κ1) is 26.2. The van der Waals surface area contributed by atoms with Crippen LogP contribution in [0.15, 0.2) is 53.5 Å². The Balaban J connectivity index is 0.00000450. The average Bonchev–Trinajstić information content (AvgIpc) is 2.70. The van der Waals surface area contributed by atoms with Gasteiger partial charge in [0.1, 0.15) is 5.75 Å². The molecular weight excluding hydrogens is 513 g/mol. The third-order valence-corrected chi connectivity index (χ3v) is 6.18. The first-order valence-electron chi connectivity index (χ1n) is 9.76. The van der Waals surface area contributed by atoms with Crippen molar-refractivity contribution in [2.24, 2.45) is 4.99 Å². The van der Waals surface area contributed by atoms with E-state index in [4.69, 9.17) is 4.74 Å². The van der Waals surface area contributed by atoms with Crippen molar-refractivity contribution in [3.05, 3.63) is 65.2 Å². The molecule has 6 nitrogen and oxygen atoms in total. The fraction of sp³-hybridized carbons (Fsp3) is 0.409. The van der Waals surface area contributed by atoms with Crippen LogP contribution in [0.4, 0.5) is 0 Å². The molecule has 0 saturated heterocycles. The van der Waals surface area contributed by atoms with Crippen LogP contribution in [-0.4, -0.2) is 47.4 Å². The molecule has 0 radical (unpaired) electrons. The number of sulfone groups is 1. The van der Waals surface area contributed by atoms with Crippen molar-refractivity contribution in [2.45, 2.75) is 25.5 Å². The molecule has 0 aliphatic carbocycles. The molecule has 8 heteroatoms. The highest BCUT2D eigenvalue weighted by molar-refractivity contribution is 14.0. The van der Waals surface area contributed by atoms with Gasteiger partial charge >= 0.3 is 0 Å². The van der Waals surface area contributed by atoms with Crippen LogP contribution in [0.1, 0.15) is 23.1 Å². The summed E-state index contributed by atoms with van der Waals surface area (Å²) in [5.74, 6) is 1.77. The quantitative estimate of drug-likeness (QED) is 0.207. The summed E-state index contributed by atoms with van der Waals surface area (Å²) in [5.41, 5.74) is 3.16. The number of nitrogens with zero attached hydrogens (tertiary/aromatic N) is 1. The van der Waals surface area contributed by atoms with Crippen LogP contribution in [0, 0.1) is 6.92 Å². The van der Waals surface area contributed by atoms with Crippen LogP contribution >= 0.6 is 24.0 Å². The first-order valence-corrected chi connectivity index (χ1v) is 11.6. The molecule has 0 heterocycles. The van der Waals surface area contributed by atoms with Crippen molar-refractivity contribution in [1.29, 1.82) is 0 Å². The van der Waals surface area contributed by atoms with E-state index >= 15 is 0 Å². The van der Waals surface area contributed by atoms with E-state index in [1.54, 1.807) is 14.2 Å². The minimum absolute atomic E-state index is 0. The maximum absolute atomic E-state index is 12.2. The van der Waals surface area contributed by atoms with E-state index in [0.29, 0.717) is 25.5 Å². The topological polar surface area (TPSA) is 79.8 Å². The van der Waals surface area contributed by atoms with Crippen LogP contribution in [-0.2, 0) is 22.0 Å². The number of nitrogens with one attached hydrogen (secondary N) is 2. The molecule has 0 atom stereocenters. The Hall–Kier alpha value is -1.81. The number of aliphatic imine (C=N–C) groups is 1. The van der Waals surface area contributed by atoms with E-state index in [9.17, 15) is 8.42 Å². The average molecular weight is 545 g/mol. The minimum Gasteiger partial charge on any atom is -0.496 e. The zero-order chi connectivity index (χ0) is 21.1. The fourth-order valence-electron chi connectivity index (χ4n) is 3.04. The zero-order valence-electron chi connectivity index (χ0n) is 17.8. The van der Waals surface area contributed by atoms with Crippen LogP contribution in [0.25, 0.3) is 0 Å². The fourth-order valence-corrected chi connectivity index (χ4v) is 4.47. The van der Waals surface area contributed by atoms with Crippen molar-refractivity contribution in [1.82, 2.24) is 10.6 Å². The second kappa shape index (κ2) is 13.5. The van der Waals surface area contributed by atoms with Gasteiger partial charge in [-0.15, -0.1) is 24.0 Å². The highest BCUT2D eigenvalue weighted by Crippen LogP contribution is 2.19. The molecule has 2 rings (SSSR count). The first-order chi connectivity index (χ1) is 13.9. The highest BCUT2D eigenvalue weighted by atomic mass is 127. The van der Waals surface area contributed by atoms with Crippen molar-refractivity contribution in [3.63, 3.8) is 0 Å². The summed E-state index contributed by atoms with van der Waals surface area (Å²) in [5, 5.41) is 6.44. The summed E-state index contributed by atoms with van der Waals surface area (Å²) in [6.07, 6.45) is 1.33. The second-order valence-corrected chi connectivity index (χ2v) is 9.11. The van der Waals surface area contributed by atoms with E-state index in [1.165, 1.54) is 5.56 Å². The summed E-state index contributed by atoms with van der Waals surface area (Å²) in [6.45, 7) is 3.30. The molecule has 0 aliphatic heterocycles. The van der Waals surface area contributed by atoms with Crippen molar-refractivity contribution in [3.8, 4) is 5.75 Å².